The van der Waals surface area contributed by atoms with E-state index in [2.05, 4.69) is 15.3 Å². The largest absolute Gasteiger partial charge is 0.497 e. The van der Waals surface area contributed by atoms with Gasteiger partial charge in [0.15, 0.2) is 0 Å². The van der Waals surface area contributed by atoms with Crippen molar-refractivity contribution in [2.75, 3.05) is 12.4 Å². The van der Waals surface area contributed by atoms with Crippen molar-refractivity contribution in [2.24, 2.45) is 0 Å². The summed E-state index contributed by atoms with van der Waals surface area (Å²) in [6, 6.07) is 12.4. The summed E-state index contributed by atoms with van der Waals surface area (Å²) in [5.74, 6) is 0.312. The zero-order chi connectivity index (χ0) is 24.9. The lowest BCUT2D eigenvalue weighted by molar-refractivity contribution is 0.103. The third kappa shape index (κ3) is 4.00. The number of carbonyl (C=O) groups excluding carboxylic acids is 1. The Morgan fingerprint density at radius 3 is 2.60 bits per heavy atom. The number of hydrogen-bond donors (Lipinski definition) is 2. The van der Waals surface area contributed by atoms with Crippen LogP contribution in [0, 0.1) is 20.8 Å². The Balaban J connectivity index is 1.57. The van der Waals surface area contributed by atoms with Gasteiger partial charge in [0.1, 0.15) is 27.6 Å². The lowest BCUT2D eigenvalue weighted by atomic mass is 10.1. The number of amides is 1. The van der Waals surface area contributed by atoms with E-state index in [1.807, 2.05) is 32.0 Å². The van der Waals surface area contributed by atoms with Gasteiger partial charge in [-0.25, -0.2) is 9.78 Å². The maximum Gasteiger partial charge on any atom is 0.347 e. The molecule has 0 aliphatic heterocycles. The van der Waals surface area contributed by atoms with Gasteiger partial charge in [-0.1, -0.05) is 6.07 Å². The minimum absolute atomic E-state index is 0.0799. The van der Waals surface area contributed by atoms with Crippen LogP contribution < -0.4 is 21.2 Å². The number of rotatable bonds is 4. The Hall–Kier alpha value is -4.24. The highest BCUT2D eigenvalue weighted by atomic mass is 32.1. The first kappa shape index (κ1) is 22.5. The van der Waals surface area contributed by atoms with E-state index < -0.39 is 11.2 Å². The first-order valence-corrected chi connectivity index (χ1v) is 11.6. The maximum absolute atomic E-state index is 13.0. The molecule has 0 aliphatic carbocycles. The first-order valence-electron chi connectivity index (χ1n) is 10.8. The molecule has 5 rings (SSSR count). The summed E-state index contributed by atoms with van der Waals surface area (Å²) in [6.07, 6.45) is 0. The number of fused-ring (bicyclic) bond motifs is 2. The third-order valence-corrected chi connectivity index (χ3v) is 7.15. The summed E-state index contributed by atoms with van der Waals surface area (Å²) in [5.41, 5.74) is 2.79. The molecule has 0 aliphatic rings. The highest BCUT2D eigenvalue weighted by molar-refractivity contribution is 7.20. The van der Waals surface area contributed by atoms with E-state index >= 15 is 0 Å². The summed E-state index contributed by atoms with van der Waals surface area (Å²) in [5, 5.41) is 3.86. The van der Waals surface area contributed by atoms with Crippen LogP contribution in [0.2, 0.25) is 0 Å². The zero-order valence-electron chi connectivity index (χ0n) is 19.4. The molecule has 0 radical (unpaired) electrons. The second kappa shape index (κ2) is 8.52. The number of ether oxygens (including phenoxy) is 1. The fourth-order valence-corrected chi connectivity index (χ4v) is 4.96. The topological polar surface area (TPSA) is 114 Å². The van der Waals surface area contributed by atoms with Crippen molar-refractivity contribution in [2.45, 2.75) is 20.8 Å². The Morgan fingerprint density at radius 1 is 1.06 bits per heavy atom. The van der Waals surface area contributed by atoms with Crippen molar-refractivity contribution in [1.29, 1.82) is 0 Å². The highest BCUT2D eigenvalue weighted by Gasteiger charge is 2.21. The molecular formula is C26H21N3O5S. The number of benzene rings is 2. The molecule has 9 heteroatoms. The van der Waals surface area contributed by atoms with Crippen molar-refractivity contribution in [1.82, 2.24) is 9.97 Å². The van der Waals surface area contributed by atoms with Gasteiger partial charge in [0.2, 0.25) is 0 Å². The Kier molecular flexibility index (Phi) is 5.49. The minimum atomic E-state index is -0.644. The van der Waals surface area contributed by atoms with Crippen LogP contribution in [0.25, 0.3) is 32.6 Å². The molecule has 0 fully saturated rings. The van der Waals surface area contributed by atoms with Gasteiger partial charge < -0.3 is 19.5 Å². The summed E-state index contributed by atoms with van der Waals surface area (Å²) < 4.78 is 10.6. The summed E-state index contributed by atoms with van der Waals surface area (Å²) in [4.78, 5) is 46.6. The molecule has 3 aromatic heterocycles. The molecular weight excluding hydrogens is 466 g/mol. The number of H-pyrrole nitrogens is 1. The van der Waals surface area contributed by atoms with E-state index in [0.717, 1.165) is 22.5 Å². The van der Waals surface area contributed by atoms with Crippen molar-refractivity contribution < 1.29 is 13.9 Å². The molecule has 176 valence electrons. The average Bonchev–Trinajstić information content (AvgIpc) is 3.17. The summed E-state index contributed by atoms with van der Waals surface area (Å²) in [6.45, 7) is 5.68. The Morgan fingerprint density at radius 2 is 1.86 bits per heavy atom. The number of hydrogen-bond acceptors (Lipinski definition) is 7. The lowest BCUT2D eigenvalue weighted by Crippen LogP contribution is -2.14. The van der Waals surface area contributed by atoms with Gasteiger partial charge >= 0.3 is 5.63 Å². The van der Waals surface area contributed by atoms with Crippen LogP contribution in [0.15, 0.2) is 56.5 Å². The van der Waals surface area contributed by atoms with Gasteiger partial charge in [-0.15, -0.1) is 11.3 Å². The number of aromatic nitrogens is 2. The molecule has 3 heterocycles. The molecule has 8 nitrogen and oxygen atoms in total. The van der Waals surface area contributed by atoms with Crippen LogP contribution in [0.5, 0.6) is 5.75 Å². The molecule has 5 aromatic rings. The molecule has 0 bridgehead atoms. The standard InChI is InChI=1S/C26H21N3O5S/c1-12-5-7-16(9-13(12)2)27-24(31)21-14(3)20-23(30)28-22(29-25(20)35-21)18-10-15-6-8-17(33-4)11-19(15)34-26(18)32/h5-11H,1-4H3,(H,27,31)(H,28,29,30). The number of anilines is 1. The molecule has 2 N–H and O–H groups in total. The third-order valence-electron chi connectivity index (χ3n) is 5.97. The molecule has 0 saturated heterocycles. The van der Waals surface area contributed by atoms with E-state index in [-0.39, 0.29) is 17.3 Å². The molecule has 0 spiro atoms. The second-order valence-corrected chi connectivity index (χ2v) is 9.25. The molecule has 35 heavy (non-hydrogen) atoms. The van der Waals surface area contributed by atoms with Gasteiger partial charge in [-0.3, -0.25) is 9.59 Å². The van der Waals surface area contributed by atoms with Crippen molar-refractivity contribution in [3.63, 3.8) is 0 Å². The number of thiophene rings is 1. The van der Waals surface area contributed by atoms with E-state index in [9.17, 15) is 14.4 Å². The fourth-order valence-electron chi connectivity index (χ4n) is 3.88. The molecule has 1 amide bonds. The predicted octanol–water partition coefficient (Wildman–Crippen LogP) is 4.94. The highest BCUT2D eigenvalue weighted by Crippen LogP contribution is 2.30. The van der Waals surface area contributed by atoms with Crippen molar-refractivity contribution in [3.8, 4) is 17.1 Å². The zero-order valence-corrected chi connectivity index (χ0v) is 20.3. The molecule has 2 aromatic carbocycles. The summed E-state index contributed by atoms with van der Waals surface area (Å²) in [7, 11) is 1.52. The number of aryl methyl sites for hydroxylation is 3. The van der Waals surface area contributed by atoms with Gasteiger partial charge in [0, 0.05) is 17.1 Å². The number of aromatic amines is 1. The maximum atomic E-state index is 13.0. The van der Waals surface area contributed by atoms with Gasteiger partial charge in [-0.2, -0.15) is 0 Å². The van der Waals surface area contributed by atoms with Crippen molar-refractivity contribution >= 4 is 44.1 Å². The van der Waals surface area contributed by atoms with Crippen LogP contribution in [-0.2, 0) is 0 Å². The monoisotopic (exact) mass is 487 g/mol. The first-order chi connectivity index (χ1) is 16.7. The SMILES string of the molecule is COc1ccc2cc(-c3nc4sc(C(=O)Nc5ccc(C)c(C)c5)c(C)c4c(=O)[nH]3)c(=O)oc2c1. The normalized spacial score (nSPS) is 11.2. The second-order valence-electron chi connectivity index (χ2n) is 8.26. The quantitative estimate of drug-likeness (QED) is 0.347. The number of methoxy groups -OCH3 is 1. The lowest BCUT2D eigenvalue weighted by Gasteiger charge is -2.07. The molecule has 0 unspecified atom stereocenters. The van der Waals surface area contributed by atoms with E-state index in [0.29, 0.717) is 43.1 Å². The molecule has 0 saturated carbocycles. The van der Waals surface area contributed by atoms with E-state index in [4.69, 9.17) is 9.15 Å². The smallest absolute Gasteiger partial charge is 0.347 e. The molecule has 0 atom stereocenters. The van der Waals surface area contributed by atoms with Crippen LogP contribution in [0.4, 0.5) is 5.69 Å². The number of nitrogens with one attached hydrogen (secondary N) is 2. The number of carbonyl (C=O) groups is 1. The van der Waals surface area contributed by atoms with Gasteiger partial charge in [0.25, 0.3) is 11.5 Å². The van der Waals surface area contributed by atoms with Gasteiger partial charge in [-0.05, 0) is 67.8 Å². The van der Waals surface area contributed by atoms with Crippen LogP contribution in [-0.4, -0.2) is 23.0 Å². The predicted molar refractivity (Wildman–Crippen MR) is 137 cm³/mol. The van der Waals surface area contributed by atoms with Crippen LogP contribution in [0.1, 0.15) is 26.4 Å². The van der Waals surface area contributed by atoms with E-state index in [1.54, 1.807) is 31.2 Å². The van der Waals surface area contributed by atoms with Crippen LogP contribution in [0.3, 0.4) is 0 Å². The minimum Gasteiger partial charge on any atom is -0.497 e. The van der Waals surface area contributed by atoms with Crippen LogP contribution >= 0.6 is 11.3 Å². The van der Waals surface area contributed by atoms with Gasteiger partial charge in [0.05, 0.1) is 17.4 Å². The average molecular weight is 488 g/mol. The summed E-state index contributed by atoms with van der Waals surface area (Å²) >= 11 is 1.10. The van der Waals surface area contributed by atoms with E-state index in [1.165, 1.54) is 7.11 Å². The van der Waals surface area contributed by atoms with Crippen molar-refractivity contribution in [3.05, 3.63) is 84.8 Å². The fraction of sp³-hybridized carbons (Fsp3) is 0.154. The Labute approximate surface area is 203 Å². The Bertz CT molecular complexity index is 1760. The number of nitrogens with zero attached hydrogens (tertiary/aromatic N) is 1.